The number of para-hydroxylation sites is 1. The molecule has 3 aromatic rings. The molecule has 0 bridgehead atoms. The quantitative estimate of drug-likeness (QED) is 0.784. The molecule has 3 heterocycles. The minimum Gasteiger partial charge on any atom is -0.390 e. The number of fused-ring (bicyclic) bond motifs is 2. The highest BCUT2D eigenvalue weighted by molar-refractivity contribution is 5.72. The second-order valence-electron chi connectivity index (χ2n) is 5.52. The summed E-state index contributed by atoms with van der Waals surface area (Å²) in [6.45, 7) is 2.18. The number of benzene rings is 1. The molecule has 0 aliphatic carbocycles. The minimum atomic E-state index is -0.0219. The lowest BCUT2D eigenvalue weighted by atomic mass is 10.1. The first-order valence-electron chi connectivity index (χ1n) is 7.23. The molecular weight excluding hydrogens is 262 g/mol. The van der Waals surface area contributed by atoms with Gasteiger partial charge in [0.05, 0.1) is 12.3 Å². The van der Waals surface area contributed by atoms with Crippen molar-refractivity contribution in [3.8, 4) is 0 Å². The van der Waals surface area contributed by atoms with Crippen molar-refractivity contribution in [3.63, 3.8) is 0 Å². The second-order valence-corrected chi connectivity index (χ2v) is 5.52. The zero-order valence-electron chi connectivity index (χ0n) is 11.9. The van der Waals surface area contributed by atoms with Gasteiger partial charge in [0.25, 0.3) is 0 Å². The highest BCUT2D eigenvalue weighted by Gasteiger charge is 2.30. The average molecular weight is 279 g/mol. The Balaban J connectivity index is 1.94. The number of hydrogen-bond acceptors (Lipinski definition) is 3. The van der Waals surface area contributed by atoms with Crippen LogP contribution in [-0.2, 0) is 13.0 Å². The molecule has 1 aromatic carbocycles. The lowest BCUT2D eigenvalue weighted by molar-refractivity contribution is 0.276. The van der Waals surface area contributed by atoms with Gasteiger partial charge in [0.2, 0.25) is 0 Å². The van der Waals surface area contributed by atoms with E-state index in [-0.39, 0.29) is 6.61 Å². The van der Waals surface area contributed by atoms with E-state index in [1.165, 1.54) is 11.3 Å². The summed E-state index contributed by atoms with van der Waals surface area (Å²) in [5.74, 6) is 0.862. The van der Waals surface area contributed by atoms with Crippen LogP contribution < -0.4 is 4.90 Å². The van der Waals surface area contributed by atoms with Gasteiger partial charge >= 0.3 is 0 Å². The Kier molecular flexibility index (Phi) is 2.72. The Bertz CT molecular complexity index is 809. The molecule has 1 unspecified atom stereocenters. The van der Waals surface area contributed by atoms with Crippen molar-refractivity contribution in [1.82, 2.24) is 9.38 Å². The molecule has 0 saturated carbocycles. The first-order valence-corrected chi connectivity index (χ1v) is 7.23. The number of rotatable bonds is 2. The molecule has 2 aromatic heterocycles. The van der Waals surface area contributed by atoms with Gasteiger partial charge in [-0.2, -0.15) is 0 Å². The van der Waals surface area contributed by atoms with Crippen molar-refractivity contribution in [2.75, 3.05) is 4.90 Å². The Morgan fingerprint density at radius 1 is 1.19 bits per heavy atom. The zero-order valence-corrected chi connectivity index (χ0v) is 11.9. The lowest BCUT2D eigenvalue weighted by Gasteiger charge is -2.23. The van der Waals surface area contributed by atoms with Crippen LogP contribution in [0.15, 0.2) is 48.7 Å². The number of aromatic nitrogens is 2. The van der Waals surface area contributed by atoms with Gasteiger partial charge in [0, 0.05) is 17.9 Å². The van der Waals surface area contributed by atoms with Crippen LogP contribution in [0, 0.1) is 0 Å². The number of aliphatic hydroxyl groups is 1. The standard InChI is InChI=1S/C17H17N3O/c1-12-10-13-6-2-3-7-14(13)20(12)17-15(11-21)19-9-5-4-8-16(19)18-17/h2-9,12,21H,10-11H2,1H3. The highest BCUT2D eigenvalue weighted by atomic mass is 16.3. The molecule has 1 atom stereocenters. The maximum atomic E-state index is 9.81. The fourth-order valence-corrected chi connectivity index (χ4v) is 3.26. The average Bonchev–Trinajstić information content (AvgIpc) is 3.02. The molecule has 0 radical (unpaired) electrons. The SMILES string of the molecule is CC1Cc2ccccc2N1c1nc2ccccn2c1CO. The molecule has 21 heavy (non-hydrogen) atoms. The summed E-state index contributed by atoms with van der Waals surface area (Å²) < 4.78 is 1.96. The monoisotopic (exact) mass is 279 g/mol. The molecule has 1 aliphatic rings. The Hall–Kier alpha value is -2.33. The van der Waals surface area contributed by atoms with Crippen molar-refractivity contribution in [1.29, 1.82) is 0 Å². The summed E-state index contributed by atoms with van der Waals surface area (Å²) in [5.41, 5.74) is 4.25. The molecular formula is C17H17N3O. The van der Waals surface area contributed by atoms with Gasteiger partial charge in [-0.15, -0.1) is 0 Å². The number of imidazole rings is 1. The van der Waals surface area contributed by atoms with Gasteiger partial charge in [-0.25, -0.2) is 4.98 Å². The predicted molar refractivity (Wildman–Crippen MR) is 82.9 cm³/mol. The molecule has 4 heteroatoms. The summed E-state index contributed by atoms with van der Waals surface area (Å²) in [4.78, 5) is 6.99. The number of nitrogens with zero attached hydrogens (tertiary/aromatic N) is 3. The zero-order chi connectivity index (χ0) is 14.4. The summed E-state index contributed by atoms with van der Waals surface area (Å²) in [5, 5.41) is 9.81. The number of pyridine rings is 1. The van der Waals surface area contributed by atoms with Crippen LogP contribution in [0.4, 0.5) is 11.5 Å². The van der Waals surface area contributed by atoms with Crippen LogP contribution >= 0.6 is 0 Å². The first-order chi connectivity index (χ1) is 10.3. The maximum absolute atomic E-state index is 9.81. The Morgan fingerprint density at radius 2 is 2.00 bits per heavy atom. The van der Waals surface area contributed by atoms with Crippen LogP contribution in [0.25, 0.3) is 5.65 Å². The topological polar surface area (TPSA) is 40.8 Å². The van der Waals surface area contributed by atoms with Crippen LogP contribution in [-0.4, -0.2) is 20.5 Å². The molecule has 0 amide bonds. The number of aliphatic hydroxyl groups excluding tert-OH is 1. The molecule has 1 aliphatic heterocycles. The summed E-state index contributed by atoms with van der Waals surface area (Å²) in [6, 6.07) is 14.7. The van der Waals surface area contributed by atoms with Gasteiger partial charge in [0.15, 0.2) is 5.82 Å². The normalized spacial score (nSPS) is 17.4. The second kappa shape index (κ2) is 4.60. The maximum Gasteiger partial charge on any atom is 0.158 e. The van der Waals surface area contributed by atoms with Crippen molar-refractivity contribution in [2.24, 2.45) is 0 Å². The van der Waals surface area contributed by atoms with E-state index in [4.69, 9.17) is 4.98 Å². The largest absolute Gasteiger partial charge is 0.390 e. The molecule has 0 saturated heterocycles. The summed E-state index contributed by atoms with van der Waals surface area (Å²) in [6.07, 6.45) is 2.96. The molecule has 4 nitrogen and oxygen atoms in total. The predicted octanol–water partition coefficient (Wildman–Crippen LogP) is 2.91. The van der Waals surface area contributed by atoms with Crippen molar-refractivity contribution in [2.45, 2.75) is 26.0 Å². The number of anilines is 2. The van der Waals surface area contributed by atoms with Gasteiger partial charge in [-0.3, -0.25) is 4.40 Å². The van der Waals surface area contributed by atoms with Crippen molar-refractivity contribution < 1.29 is 5.11 Å². The third kappa shape index (κ3) is 1.76. The van der Waals surface area contributed by atoms with Gasteiger partial charge in [-0.05, 0) is 37.1 Å². The molecule has 1 N–H and O–H groups in total. The third-order valence-electron chi connectivity index (χ3n) is 4.19. The van der Waals surface area contributed by atoms with E-state index < -0.39 is 0 Å². The lowest BCUT2D eigenvalue weighted by Crippen LogP contribution is -2.25. The van der Waals surface area contributed by atoms with Crippen LogP contribution in [0.1, 0.15) is 18.2 Å². The fraction of sp³-hybridized carbons (Fsp3) is 0.235. The minimum absolute atomic E-state index is 0.0219. The van der Waals surface area contributed by atoms with E-state index in [2.05, 4.69) is 36.1 Å². The molecule has 0 spiro atoms. The van der Waals surface area contributed by atoms with E-state index in [9.17, 15) is 5.11 Å². The molecule has 106 valence electrons. The number of hydrogen-bond donors (Lipinski definition) is 1. The summed E-state index contributed by atoms with van der Waals surface area (Å²) in [7, 11) is 0. The van der Waals surface area contributed by atoms with Crippen molar-refractivity contribution >= 4 is 17.2 Å². The molecule has 0 fully saturated rings. The van der Waals surface area contributed by atoms with E-state index in [1.807, 2.05) is 28.8 Å². The first kappa shape index (κ1) is 12.4. The highest BCUT2D eigenvalue weighted by Crippen LogP contribution is 2.39. The van der Waals surface area contributed by atoms with Gasteiger partial charge < -0.3 is 10.0 Å². The summed E-state index contributed by atoms with van der Waals surface area (Å²) >= 11 is 0. The fourth-order valence-electron chi connectivity index (χ4n) is 3.26. The molecule has 4 rings (SSSR count). The van der Waals surface area contributed by atoms with Crippen LogP contribution in [0.5, 0.6) is 0 Å². The van der Waals surface area contributed by atoms with E-state index in [1.54, 1.807) is 0 Å². The smallest absolute Gasteiger partial charge is 0.158 e. The van der Waals surface area contributed by atoms with Crippen molar-refractivity contribution in [3.05, 3.63) is 59.9 Å². The van der Waals surface area contributed by atoms with Crippen LogP contribution in [0.3, 0.4) is 0 Å². The van der Waals surface area contributed by atoms with E-state index in [0.717, 1.165) is 23.6 Å². The van der Waals surface area contributed by atoms with E-state index >= 15 is 0 Å². The Labute approximate surface area is 123 Å². The van der Waals surface area contributed by atoms with Gasteiger partial charge in [-0.1, -0.05) is 24.3 Å². The Morgan fingerprint density at radius 3 is 2.86 bits per heavy atom. The van der Waals surface area contributed by atoms with E-state index in [0.29, 0.717) is 6.04 Å². The third-order valence-corrected chi connectivity index (χ3v) is 4.19. The van der Waals surface area contributed by atoms with Crippen LogP contribution in [0.2, 0.25) is 0 Å². The van der Waals surface area contributed by atoms with Gasteiger partial charge in [0.1, 0.15) is 5.65 Å².